The van der Waals surface area contributed by atoms with Crippen LogP contribution in [-0.4, -0.2) is 46.0 Å². The Kier molecular flexibility index (Phi) is 8.67. The lowest BCUT2D eigenvalue weighted by molar-refractivity contribution is 0.0525. The summed E-state index contributed by atoms with van der Waals surface area (Å²) in [5.74, 6) is -0.636. The summed E-state index contributed by atoms with van der Waals surface area (Å²) in [5, 5.41) is 0. The summed E-state index contributed by atoms with van der Waals surface area (Å²) in [6.45, 7) is 11.8. The first-order valence-corrected chi connectivity index (χ1v) is 11.3. The summed E-state index contributed by atoms with van der Waals surface area (Å²) in [4.78, 5) is 57.5. The van der Waals surface area contributed by atoms with Gasteiger partial charge in [-0.2, -0.15) is 0 Å². The van der Waals surface area contributed by atoms with Gasteiger partial charge in [0, 0.05) is 18.8 Å². The van der Waals surface area contributed by atoms with E-state index in [0.717, 1.165) is 6.42 Å². The minimum atomic E-state index is -0.631. The number of aromatic amines is 2. The number of esters is 1. The van der Waals surface area contributed by atoms with Crippen molar-refractivity contribution >= 4 is 23.3 Å². The van der Waals surface area contributed by atoms with E-state index < -0.39 is 17.2 Å². The highest BCUT2D eigenvalue weighted by atomic mass is 16.5. The zero-order chi connectivity index (χ0) is 24.9. The van der Waals surface area contributed by atoms with Crippen LogP contribution >= 0.6 is 0 Å². The molecule has 10 nitrogen and oxygen atoms in total. The Morgan fingerprint density at radius 1 is 1.15 bits per heavy atom. The third-order valence-corrected chi connectivity index (χ3v) is 5.39. The standard InChI is InChI=1S/C23H35N5O5/c1-7-9-10-27(19-20(24)28(11-13(3)4)23(32)26-21(19)30)12-16(29)18-14(5)17(15(6)25-18)22(31)33-8-2/h13,25H,7-12,24H2,1-6H3,(H,26,30,32). The molecule has 0 aliphatic heterocycles. The van der Waals surface area contributed by atoms with Crippen LogP contribution in [0.2, 0.25) is 0 Å². The van der Waals surface area contributed by atoms with Crippen LogP contribution in [0.1, 0.15) is 72.6 Å². The number of anilines is 2. The van der Waals surface area contributed by atoms with Gasteiger partial charge in [-0.15, -0.1) is 0 Å². The quantitative estimate of drug-likeness (QED) is 0.344. The van der Waals surface area contributed by atoms with Crippen LogP contribution in [0.15, 0.2) is 9.59 Å². The average molecular weight is 462 g/mol. The summed E-state index contributed by atoms with van der Waals surface area (Å²) in [6.07, 6.45) is 1.55. The van der Waals surface area contributed by atoms with Gasteiger partial charge in [0.2, 0.25) is 0 Å². The maximum atomic E-state index is 13.3. The van der Waals surface area contributed by atoms with Gasteiger partial charge in [-0.05, 0) is 38.7 Å². The fourth-order valence-corrected chi connectivity index (χ4v) is 3.84. The third kappa shape index (κ3) is 5.74. The number of nitrogens with two attached hydrogens (primary N) is 1. The van der Waals surface area contributed by atoms with Crippen LogP contribution in [0.4, 0.5) is 11.5 Å². The number of H-pyrrole nitrogens is 2. The van der Waals surface area contributed by atoms with Crippen molar-refractivity contribution in [3.05, 3.63) is 43.4 Å². The SMILES string of the molecule is CCCCN(CC(=O)c1[nH]c(C)c(C(=O)OCC)c1C)c1c(N)n(CC(C)C)c(=O)[nH]c1=O. The van der Waals surface area contributed by atoms with Crippen molar-refractivity contribution in [3.63, 3.8) is 0 Å². The van der Waals surface area contributed by atoms with Gasteiger partial charge < -0.3 is 20.4 Å². The molecule has 0 saturated heterocycles. The minimum Gasteiger partial charge on any atom is -0.462 e. The number of nitrogens with one attached hydrogen (secondary N) is 2. The number of aryl methyl sites for hydroxylation is 1. The number of nitrogens with zero attached hydrogens (tertiary/aromatic N) is 2. The average Bonchev–Trinajstić information content (AvgIpc) is 3.03. The molecule has 4 N–H and O–H groups in total. The Morgan fingerprint density at radius 2 is 1.82 bits per heavy atom. The molecule has 0 atom stereocenters. The summed E-state index contributed by atoms with van der Waals surface area (Å²) in [5.41, 5.74) is 6.82. The second-order valence-corrected chi connectivity index (χ2v) is 8.54. The number of nitrogen functional groups attached to an aromatic ring is 1. The van der Waals surface area contributed by atoms with Gasteiger partial charge in [-0.25, -0.2) is 9.59 Å². The predicted octanol–water partition coefficient (Wildman–Crippen LogP) is 2.39. The lowest BCUT2D eigenvalue weighted by atomic mass is 10.1. The van der Waals surface area contributed by atoms with E-state index in [-0.39, 0.29) is 42.1 Å². The first-order chi connectivity index (χ1) is 15.5. The molecule has 0 spiro atoms. The van der Waals surface area contributed by atoms with Crippen molar-refractivity contribution in [1.82, 2.24) is 14.5 Å². The van der Waals surface area contributed by atoms with Crippen LogP contribution in [0.25, 0.3) is 0 Å². The molecular formula is C23H35N5O5. The van der Waals surface area contributed by atoms with Crippen molar-refractivity contribution < 1.29 is 14.3 Å². The Morgan fingerprint density at radius 3 is 2.39 bits per heavy atom. The topological polar surface area (TPSA) is 143 Å². The lowest BCUT2D eigenvalue weighted by Crippen LogP contribution is -2.41. The second-order valence-electron chi connectivity index (χ2n) is 8.54. The van der Waals surface area contributed by atoms with Gasteiger partial charge in [0.25, 0.3) is 5.56 Å². The van der Waals surface area contributed by atoms with Crippen molar-refractivity contribution in [3.8, 4) is 0 Å². The molecule has 10 heteroatoms. The number of Topliss-reactive ketones (excluding diaryl/α,β-unsaturated/α-hetero) is 1. The molecule has 0 bridgehead atoms. The molecule has 0 aliphatic rings. The number of hydrogen-bond acceptors (Lipinski definition) is 7. The number of ketones is 1. The third-order valence-electron chi connectivity index (χ3n) is 5.39. The highest BCUT2D eigenvalue weighted by Gasteiger charge is 2.26. The molecule has 0 aliphatic carbocycles. The van der Waals surface area contributed by atoms with Crippen molar-refractivity contribution in [2.45, 2.75) is 60.9 Å². The molecular weight excluding hydrogens is 426 g/mol. The molecule has 182 valence electrons. The molecule has 2 aromatic heterocycles. The van der Waals surface area contributed by atoms with E-state index in [9.17, 15) is 19.2 Å². The van der Waals surface area contributed by atoms with Crippen LogP contribution < -0.4 is 21.9 Å². The number of rotatable bonds is 11. The first-order valence-electron chi connectivity index (χ1n) is 11.3. The summed E-state index contributed by atoms with van der Waals surface area (Å²) in [7, 11) is 0. The Balaban J connectivity index is 2.49. The Hall–Kier alpha value is -3.30. The van der Waals surface area contributed by atoms with E-state index in [2.05, 4.69) is 9.97 Å². The molecule has 0 saturated carbocycles. The van der Waals surface area contributed by atoms with E-state index in [1.807, 2.05) is 20.8 Å². The van der Waals surface area contributed by atoms with E-state index in [4.69, 9.17) is 10.5 Å². The molecule has 2 rings (SSSR count). The highest BCUT2D eigenvalue weighted by molar-refractivity contribution is 6.03. The van der Waals surface area contributed by atoms with E-state index in [1.54, 1.807) is 25.7 Å². The van der Waals surface area contributed by atoms with E-state index in [1.165, 1.54) is 4.57 Å². The predicted molar refractivity (Wildman–Crippen MR) is 128 cm³/mol. The zero-order valence-corrected chi connectivity index (χ0v) is 20.3. The van der Waals surface area contributed by atoms with Crippen molar-refractivity contribution in [2.75, 3.05) is 30.3 Å². The summed E-state index contributed by atoms with van der Waals surface area (Å²) in [6, 6.07) is 0. The number of aromatic nitrogens is 3. The second kappa shape index (κ2) is 11.0. The van der Waals surface area contributed by atoms with Crippen molar-refractivity contribution in [2.24, 2.45) is 5.92 Å². The van der Waals surface area contributed by atoms with Gasteiger partial charge in [-0.1, -0.05) is 27.2 Å². The highest BCUT2D eigenvalue weighted by Crippen LogP contribution is 2.22. The Bertz CT molecular complexity index is 1130. The summed E-state index contributed by atoms with van der Waals surface area (Å²) >= 11 is 0. The molecule has 0 aromatic carbocycles. The van der Waals surface area contributed by atoms with Crippen molar-refractivity contribution in [1.29, 1.82) is 0 Å². The van der Waals surface area contributed by atoms with Gasteiger partial charge in [0.05, 0.1) is 24.4 Å². The number of ether oxygens (including phenoxy) is 1. The van der Waals surface area contributed by atoms with Crippen LogP contribution in [0, 0.1) is 19.8 Å². The smallest absolute Gasteiger partial charge is 0.340 e. The molecule has 2 heterocycles. The fourth-order valence-electron chi connectivity index (χ4n) is 3.84. The maximum absolute atomic E-state index is 13.3. The van der Waals surface area contributed by atoms with Crippen LogP contribution in [-0.2, 0) is 11.3 Å². The maximum Gasteiger partial charge on any atom is 0.340 e. The normalized spacial score (nSPS) is 11.1. The van der Waals surface area contributed by atoms with E-state index >= 15 is 0 Å². The molecule has 2 aromatic rings. The molecule has 33 heavy (non-hydrogen) atoms. The van der Waals surface area contributed by atoms with Crippen LogP contribution in [0.3, 0.4) is 0 Å². The Labute approximate surface area is 193 Å². The minimum absolute atomic E-state index is 0.0351. The van der Waals surface area contributed by atoms with Gasteiger partial charge in [-0.3, -0.25) is 19.1 Å². The molecule has 0 unspecified atom stereocenters. The molecule has 0 radical (unpaired) electrons. The zero-order valence-electron chi connectivity index (χ0n) is 20.3. The van der Waals surface area contributed by atoms with E-state index in [0.29, 0.717) is 36.3 Å². The monoisotopic (exact) mass is 461 g/mol. The number of carbonyl (C=O) groups is 2. The number of hydrogen-bond donors (Lipinski definition) is 3. The number of unbranched alkanes of at least 4 members (excludes halogenated alkanes) is 1. The van der Waals surface area contributed by atoms with Gasteiger partial charge >= 0.3 is 11.7 Å². The molecule has 0 fully saturated rings. The lowest BCUT2D eigenvalue weighted by Gasteiger charge is -2.26. The number of carbonyl (C=O) groups excluding carboxylic acids is 2. The van der Waals surface area contributed by atoms with Gasteiger partial charge in [0.15, 0.2) is 5.78 Å². The summed E-state index contributed by atoms with van der Waals surface area (Å²) < 4.78 is 6.43. The largest absolute Gasteiger partial charge is 0.462 e. The van der Waals surface area contributed by atoms with Crippen LogP contribution in [0.5, 0.6) is 0 Å². The molecule has 0 amide bonds. The fraction of sp³-hybridized carbons (Fsp3) is 0.565. The first kappa shape index (κ1) is 26.0. The van der Waals surface area contributed by atoms with Gasteiger partial charge in [0.1, 0.15) is 11.5 Å².